The normalized spacial score (nSPS) is 12.8. The van der Waals surface area contributed by atoms with Gasteiger partial charge in [-0.05, 0) is 46.2 Å². The van der Waals surface area contributed by atoms with E-state index >= 15 is 0 Å². The summed E-state index contributed by atoms with van der Waals surface area (Å²) in [5.41, 5.74) is 2.39. The van der Waals surface area contributed by atoms with Crippen LogP contribution in [0.25, 0.3) is 0 Å². The minimum atomic E-state index is 0.650. The Morgan fingerprint density at radius 2 is 2.00 bits per heavy atom. The van der Waals surface area contributed by atoms with E-state index in [1.807, 2.05) is 0 Å². The quantitative estimate of drug-likeness (QED) is 0.651. The predicted molar refractivity (Wildman–Crippen MR) is 82.5 cm³/mol. The van der Waals surface area contributed by atoms with Crippen molar-refractivity contribution in [2.45, 2.75) is 78.8 Å². The van der Waals surface area contributed by atoms with Gasteiger partial charge in [-0.1, -0.05) is 32.6 Å². The zero-order chi connectivity index (χ0) is 14.1. The topological polar surface area (TPSA) is 29.9 Å². The van der Waals surface area contributed by atoms with E-state index in [4.69, 9.17) is 0 Å². The smallest absolute Gasteiger partial charge is 0.0596 e. The van der Waals surface area contributed by atoms with Crippen LogP contribution in [0.1, 0.15) is 63.8 Å². The van der Waals surface area contributed by atoms with Crippen molar-refractivity contribution in [3.05, 3.63) is 17.5 Å². The summed E-state index contributed by atoms with van der Waals surface area (Å²) in [6.07, 6.45) is 7.91. The Kier molecular flexibility index (Phi) is 7.80. The van der Waals surface area contributed by atoms with E-state index in [0.717, 1.165) is 25.2 Å². The Morgan fingerprint density at radius 1 is 1.21 bits per heavy atom. The summed E-state index contributed by atoms with van der Waals surface area (Å²) in [6.45, 7) is 10.9. The summed E-state index contributed by atoms with van der Waals surface area (Å²) in [6, 6.07) is 2.79. The number of nitrogens with one attached hydrogen (secondary N) is 1. The van der Waals surface area contributed by atoms with Crippen molar-refractivity contribution in [2.75, 3.05) is 6.54 Å². The van der Waals surface area contributed by atoms with Gasteiger partial charge in [0.2, 0.25) is 0 Å². The second-order valence-corrected chi connectivity index (χ2v) is 5.71. The molecule has 0 fully saturated rings. The summed E-state index contributed by atoms with van der Waals surface area (Å²) in [4.78, 5) is 0. The van der Waals surface area contributed by atoms with Crippen molar-refractivity contribution in [1.29, 1.82) is 0 Å². The molecule has 0 bridgehead atoms. The first-order valence-corrected chi connectivity index (χ1v) is 7.88. The Hall–Kier alpha value is -0.830. The SMILES string of the molecule is CCCCCCC(C)NCCCn1nc(C)cc1C. The second kappa shape index (κ2) is 9.13. The molecule has 3 heteroatoms. The van der Waals surface area contributed by atoms with Crippen LogP contribution in [0.15, 0.2) is 6.07 Å². The van der Waals surface area contributed by atoms with Crippen LogP contribution in [0.4, 0.5) is 0 Å². The highest BCUT2D eigenvalue weighted by Crippen LogP contribution is 2.06. The maximum absolute atomic E-state index is 4.49. The van der Waals surface area contributed by atoms with Crippen LogP contribution in [-0.2, 0) is 6.54 Å². The molecular formula is C16H31N3. The van der Waals surface area contributed by atoms with Gasteiger partial charge in [0.25, 0.3) is 0 Å². The van der Waals surface area contributed by atoms with Crippen molar-refractivity contribution >= 4 is 0 Å². The van der Waals surface area contributed by atoms with Gasteiger partial charge in [0, 0.05) is 18.3 Å². The van der Waals surface area contributed by atoms with Crippen LogP contribution in [0.2, 0.25) is 0 Å². The molecule has 0 saturated heterocycles. The van der Waals surface area contributed by atoms with Crippen LogP contribution in [0.3, 0.4) is 0 Å². The molecule has 19 heavy (non-hydrogen) atoms. The van der Waals surface area contributed by atoms with Gasteiger partial charge in [0.1, 0.15) is 0 Å². The van der Waals surface area contributed by atoms with E-state index in [0.29, 0.717) is 6.04 Å². The van der Waals surface area contributed by atoms with Crippen LogP contribution in [-0.4, -0.2) is 22.4 Å². The van der Waals surface area contributed by atoms with Gasteiger partial charge in [0.05, 0.1) is 5.69 Å². The molecule has 0 aromatic carbocycles. The third-order valence-electron chi connectivity index (χ3n) is 3.63. The fraction of sp³-hybridized carbons (Fsp3) is 0.812. The molecule has 0 aliphatic heterocycles. The third kappa shape index (κ3) is 6.76. The van der Waals surface area contributed by atoms with Crippen LogP contribution in [0, 0.1) is 13.8 Å². The van der Waals surface area contributed by atoms with Gasteiger partial charge in [-0.2, -0.15) is 5.10 Å². The number of nitrogens with zero attached hydrogens (tertiary/aromatic N) is 2. The molecule has 0 amide bonds. The lowest BCUT2D eigenvalue weighted by Gasteiger charge is -2.13. The number of aromatic nitrogens is 2. The largest absolute Gasteiger partial charge is 0.314 e. The molecule has 0 spiro atoms. The minimum absolute atomic E-state index is 0.650. The second-order valence-electron chi connectivity index (χ2n) is 5.71. The Bertz CT molecular complexity index is 344. The molecule has 0 aliphatic rings. The fourth-order valence-electron chi connectivity index (χ4n) is 2.46. The summed E-state index contributed by atoms with van der Waals surface area (Å²) in [5.74, 6) is 0. The molecule has 1 N–H and O–H groups in total. The highest BCUT2D eigenvalue weighted by molar-refractivity contribution is 5.06. The van der Waals surface area contributed by atoms with Crippen molar-refractivity contribution in [3.8, 4) is 0 Å². The third-order valence-corrected chi connectivity index (χ3v) is 3.63. The Morgan fingerprint density at radius 3 is 2.63 bits per heavy atom. The van der Waals surface area contributed by atoms with Gasteiger partial charge in [-0.3, -0.25) is 4.68 Å². The Labute approximate surface area is 118 Å². The molecule has 1 rings (SSSR count). The maximum atomic E-state index is 4.49. The minimum Gasteiger partial charge on any atom is -0.314 e. The van der Waals surface area contributed by atoms with E-state index in [1.165, 1.54) is 37.8 Å². The van der Waals surface area contributed by atoms with E-state index in [-0.39, 0.29) is 0 Å². The van der Waals surface area contributed by atoms with Gasteiger partial charge >= 0.3 is 0 Å². The molecule has 0 aliphatic carbocycles. The molecule has 1 heterocycles. The molecule has 0 radical (unpaired) electrons. The lowest BCUT2D eigenvalue weighted by molar-refractivity contribution is 0.457. The summed E-state index contributed by atoms with van der Waals surface area (Å²) in [5, 5.41) is 8.10. The van der Waals surface area contributed by atoms with E-state index in [1.54, 1.807) is 0 Å². The molecule has 1 aromatic rings. The van der Waals surface area contributed by atoms with Crippen LogP contribution >= 0.6 is 0 Å². The van der Waals surface area contributed by atoms with E-state index < -0.39 is 0 Å². The van der Waals surface area contributed by atoms with Crippen molar-refractivity contribution in [1.82, 2.24) is 15.1 Å². The molecule has 0 saturated carbocycles. The lowest BCUT2D eigenvalue weighted by atomic mass is 10.1. The molecule has 110 valence electrons. The van der Waals surface area contributed by atoms with Gasteiger partial charge in [0.15, 0.2) is 0 Å². The van der Waals surface area contributed by atoms with Crippen LogP contribution in [0.5, 0.6) is 0 Å². The molecule has 1 aromatic heterocycles. The van der Waals surface area contributed by atoms with E-state index in [2.05, 4.69) is 48.9 Å². The van der Waals surface area contributed by atoms with Crippen molar-refractivity contribution in [2.24, 2.45) is 0 Å². The molecule has 1 atom stereocenters. The number of unbranched alkanes of at least 4 members (excludes halogenated alkanes) is 3. The number of hydrogen-bond acceptors (Lipinski definition) is 2. The first-order valence-electron chi connectivity index (χ1n) is 7.88. The maximum Gasteiger partial charge on any atom is 0.0596 e. The van der Waals surface area contributed by atoms with E-state index in [9.17, 15) is 0 Å². The van der Waals surface area contributed by atoms with Gasteiger partial charge in [-0.15, -0.1) is 0 Å². The Balaban J connectivity index is 2.05. The standard InChI is InChI=1S/C16H31N3/c1-5-6-7-8-10-14(2)17-11-9-12-19-16(4)13-15(3)18-19/h13-14,17H,5-12H2,1-4H3. The first kappa shape index (κ1) is 16.2. The first-order chi connectivity index (χ1) is 9.13. The molecule has 1 unspecified atom stereocenters. The average Bonchev–Trinajstić information content (AvgIpc) is 2.69. The number of hydrogen-bond donors (Lipinski definition) is 1. The zero-order valence-electron chi connectivity index (χ0n) is 13.2. The molecular weight excluding hydrogens is 234 g/mol. The molecule has 3 nitrogen and oxygen atoms in total. The monoisotopic (exact) mass is 265 g/mol. The summed E-state index contributed by atoms with van der Waals surface area (Å²) >= 11 is 0. The van der Waals surface area contributed by atoms with Crippen molar-refractivity contribution < 1.29 is 0 Å². The highest BCUT2D eigenvalue weighted by atomic mass is 15.3. The average molecular weight is 265 g/mol. The number of aryl methyl sites for hydroxylation is 3. The zero-order valence-corrected chi connectivity index (χ0v) is 13.2. The highest BCUT2D eigenvalue weighted by Gasteiger charge is 2.02. The van der Waals surface area contributed by atoms with Crippen LogP contribution < -0.4 is 5.32 Å². The van der Waals surface area contributed by atoms with Gasteiger partial charge < -0.3 is 5.32 Å². The van der Waals surface area contributed by atoms with Gasteiger partial charge in [-0.25, -0.2) is 0 Å². The van der Waals surface area contributed by atoms with Crippen molar-refractivity contribution in [3.63, 3.8) is 0 Å². The number of rotatable bonds is 10. The summed E-state index contributed by atoms with van der Waals surface area (Å²) in [7, 11) is 0. The summed E-state index contributed by atoms with van der Waals surface area (Å²) < 4.78 is 2.11. The lowest BCUT2D eigenvalue weighted by Crippen LogP contribution is -2.27. The fourth-order valence-corrected chi connectivity index (χ4v) is 2.46. The predicted octanol–water partition coefficient (Wildman–Crippen LogP) is 3.84.